The third kappa shape index (κ3) is 2.45. The summed E-state index contributed by atoms with van der Waals surface area (Å²) in [6.45, 7) is 2.08. The van der Waals surface area contributed by atoms with Crippen molar-refractivity contribution in [1.82, 2.24) is 10.2 Å². The van der Waals surface area contributed by atoms with Crippen LogP contribution >= 0.6 is 0 Å². The highest BCUT2D eigenvalue weighted by atomic mass is 16.5. The largest absolute Gasteiger partial charge is 0.497 e. The van der Waals surface area contributed by atoms with Crippen molar-refractivity contribution in [2.45, 2.75) is 6.92 Å². The molecule has 6 heteroatoms. The Hall–Kier alpha value is -2.50. The van der Waals surface area contributed by atoms with Gasteiger partial charge in [-0.2, -0.15) is 0 Å². The lowest BCUT2D eigenvalue weighted by Gasteiger charge is -2.08. The molecule has 0 saturated carbocycles. The minimum Gasteiger partial charge on any atom is -0.497 e. The van der Waals surface area contributed by atoms with Crippen LogP contribution in [-0.4, -0.2) is 37.6 Å². The molecular formula is C14H16N2O4. The summed E-state index contributed by atoms with van der Waals surface area (Å²) in [6.07, 6.45) is 1.59. The molecule has 0 radical (unpaired) electrons. The van der Waals surface area contributed by atoms with Crippen LogP contribution in [-0.2, 0) is 4.79 Å². The first-order valence-electron chi connectivity index (χ1n) is 6.17. The van der Waals surface area contributed by atoms with Crippen LogP contribution in [0, 0.1) is 0 Å². The SMILES string of the molecule is CCN1C(=O)N/C(=C/c2ccc(OC)cc2OC)C1=O. The van der Waals surface area contributed by atoms with Crippen molar-refractivity contribution in [3.05, 3.63) is 29.5 Å². The molecule has 2 rings (SSSR count). The van der Waals surface area contributed by atoms with E-state index in [0.717, 1.165) is 4.90 Å². The van der Waals surface area contributed by atoms with Gasteiger partial charge in [-0.1, -0.05) is 0 Å². The van der Waals surface area contributed by atoms with Gasteiger partial charge in [-0.25, -0.2) is 4.79 Å². The number of hydrogen-bond acceptors (Lipinski definition) is 4. The monoisotopic (exact) mass is 276 g/mol. The van der Waals surface area contributed by atoms with Crippen LogP contribution in [0.15, 0.2) is 23.9 Å². The first kappa shape index (κ1) is 13.9. The molecule has 1 saturated heterocycles. The summed E-state index contributed by atoms with van der Waals surface area (Å²) >= 11 is 0. The van der Waals surface area contributed by atoms with E-state index in [9.17, 15) is 9.59 Å². The molecule has 1 N–H and O–H groups in total. The fraction of sp³-hybridized carbons (Fsp3) is 0.286. The molecule has 106 valence electrons. The van der Waals surface area contributed by atoms with Gasteiger partial charge in [0.25, 0.3) is 5.91 Å². The summed E-state index contributed by atoms with van der Waals surface area (Å²) in [5.74, 6) is 0.880. The van der Waals surface area contributed by atoms with Gasteiger partial charge in [0.15, 0.2) is 0 Å². The van der Waals surface area contributed by atoms with Crippen LogP contribution in [0.3, 0.4) is 0 Å². The second kappa shape index (κ2) is 5.64. The number of methoxy groups -OCH3 is 2. The Balaban J connectivity index is 2.36. The summed E-state index contributed by atoms with van der Waals surface area (Å²) in [4.78, 5) is 24.7. The van der Waals surface area contributed by atoms with Crippen molar-refractivity contribution in [2.24, 2.45) is 0 Å². The average molecular weight is 276 g/mol. The number of ether oxygens (including phenoxy) is 2. The molecule has 0 unspecified atom stereocenters. The molecule has 1 aliphatic rings. The van der Waals surface area contributed by atoms with Crippen LogP contribution in [0.25, 0.3) is 6.08 Å². The molecule has 0 aliphatic carbocycles. The van der Waals surface area contributed by atoms with E-state index in [2.05, 4.69) is 5.32 Å². The molecule has 0 spiro atoms. The van der Waals surface area contributed by atoms with Crippen molar-refractivity contribution >= 4 is 18.0 Å². The molecule has 0 aromatic heterocycles. The van der Waals surface area contributed by atoms with E-state index in [1.807, 2.05) is 0 Å². The summed E-state index contributed by atoms with van der Waals surface area (Å²) in [5, 5.41) is 2.54. The number of nitrogens with one attached hydrogen (secondary N) is 1. The van der Waals surface area contributed by atoms with Gasteiger partial charge in [0.2, 0.25) is 0 Å². The molecule has 6 nitrogen and oxygen atoms in total. The Labute approximate surface area is 117 Å². The van der Waals surface area contributed by atoms with Gasteiger partial charge >= 0.3 is 6.03 Å². The van der Waals surface area contributed by atoms with Crippen molar-refractivity contribution in [3.8, 4) is 11.5 Å². The number of rotatable bonds is 4. The fourth-order valence-electron chi connectivity index (χ4n) is 1.95. The molecule has 1 fully saturated rings. The smallest absolute Gasteiger partial charge is 0.328 e. The lowest BCUT2D eigenvalue weighted by atomic mass is 10.1. The van der Waals surface area contributed by atoms with E-state index in [1.54, 1.807) is 38.3 Å². The molecule has 1 aliphatic heterocycles. The molecule has 1 aromatic carbocycles. The van der Waals surface area contributed by atoms with Crippen molar-refractivity contribution in [1.29, 1.82) is 0 Å². The van der Waals surface area contributed by atoms with E-state index in [4.69, 9.17) is 9.47 Å². The lowest BCUT2D eigenvalue weighted by Crippen LogP contribution is -2.30. The average Bonchev–Trinajstić information content (AvgIpc) is 2.73. The lowest BCUT2D eigenvalue weighted by molar-refractivity contribution is -0.122. The molecule has 0 atom stereocenters. The minimum absolute atomic E-state index is 0.236. The van der Waals surface area contributed by atoms with Crippen molar-refractivity contribution in [2.75, 3.05) is 20.8 Å². The van der Waals surface area contributed by atoms with Crippen LogP contribution in [0.2, 0.25) is 0 Å². The van der Waals surface area contributed by atoms with E-state index >= 15 is 0 Å². The quantitative estimate of drug-likeness (QED) is 0.670. The maximum absolute atomic E-state index is 12.0. The van der Waals surface area contributed by atoms with Gasteiger partial charge in [0.1, 0.15) is 17.2 Å². The molecule has 1 heterocycles. The van der Waals surface area contributed by atoms with Crippen LogP contribution in [0.4, 0.5) is 4.79 Å². The highest BCUT2D eigenvalue weighted by Gasteiger charge is 2.32. The Morgan fingerprint density at radius 2 is 2.00 bits per heavy atom. The Kier molecular flexibility index (Phi) is 3.93. The molecule has 3 amide bonds. The highest BCUT2D eigenvalue weighted by Crippen LogP contribution is 2.27. The third-order valence-electron chi connectivity index (χ3n) is 3.02. The minimum atomic E-state index is -0.406. The van der Waals surface area contributed by atoms with Crippen molar-refractivity contribution < 1.29 is 19.1 Å². The van der Waals surface area contributed by atoms with Gasteiger partial charge in [0.05, 0.1) is 14.2 Å². The van der Waals surface area contributed by atoms with E-state index in [0.29, 0.717) is 23.6 Å². The summed E-state index contributed by atoms with van der Waals surface area (Å²) in [7, 11) is 3.09. The second-order valence-corrected chi connectivity index (χ2v) is 4.15. The van der Waals surface area contributed by atoms with Crippen LogP contribution in [0.5, 0.6) is 11.5 Å². The van der Waals surface area contributed by atoms with E-state index < -0.39 is 6.03 Å². The molecule has 0 bridgehead atoms. The summed E-state index contributed by atoms with van der Waals surface area (Å²) in [5.41, 5.74) is 0.926. The van der Waals surface area contributed by atoms with Gasteiger partial charge in [0, 0.05) is 18.2 Å². The van der Waals surface area contributed by atoms with Gasteiger partial charge in [-0.05, 0) is 25.1 Å². The molecular weight excluding hydrogens is 260 g/mol. The van der Waals surface area contributed by atoms with Crippen molar-refractivity contribution in [3.63, 3.8) is 0 Å². The second-order valence-electron chi connectivity index (χ2n) is 4.15. The predicted octanol–water partition coefficient (Wildman–Crippen LogP) is 1.62. The maximum Gasteiger partial charge on any atom is 0.328 e. The van der Waals surface area contributed by atoms with Crippen LogP contribution in [0.1, 0.15) is 12.5 Å². The third-order valence-corrected chi connectivity index (χ3v) is 3.02. The number of carbonyl (C=O) groups excluding carboxylic acids is 2. The van der Waals surface area contributed by atoms with E-state index in [-0.39, 0.29) is 11.6 Å². The summed E-state index contributed by atoms with van der Waals surface area (Å²) in [6, 6.07) is 4.83. The Morgan fingerprint density at radius 1 is 1.25 bits per heavy atom. The maximum atomic E-state index is 12.0. The number of imide groups is 1. The zero-order valence-electron chi connectivity index (χ0n) is 11.6. The number of urea groups is 1. The number of likely N-dealkylation sites (N-methyl/N-ethyl adjacent to an activating group) is 1. The standard InChI is InChI=1S/C14H16N2O4/c1-4-16-13(17)11(15-14(16)18)7-9-5-6-10(19-2)8-12(9)20-3/h5-8H,4H2,1-3H3,(H,15,18)/b11-7+. The predicted molar refractivity (Wildman–Crippen MR) is 73.4 cm³/mol. The number of benzene rings is 1. The molecule has 20 heavy (non-hydrogen) atoms. The highest BCUT2D eigenvalue weighted by molar-refractivity contribution is 6.14. The zero-order valence-corrected chi connectivity index (χ0v) is 11.6. The number of nitrogens with zero attached hydrogens (tertiary/aromatic N) is 1. The van der Waals surface area contributed by atoms with Gasteiger partial charge < -0.3 is 14.8 Å². The Morgan fingerprint density at radius 3 is 2.55 bits per heavy atom. The van der Waals surface area contributed by atoms with Crippen LogP contribution < -0.4 is 14.8 Å². The number of hydrogen-bond donors (Lipinski definition) is 1. The zero-order chi connectivity index (χ0) is 14.7. The number of carbonyl (C=O) groups is 2. The molecule has 1 aromatic rings. The Bertz CT molecular complexity index is 581. The topological polar surface area (TPSA) is 67.9 Å². The summed E-state index contributed by atoms with van der Waals surface area (Å²) < 4.78 is 10.4. The van der Waals surface area contributed by atoms with E-state index in [1.165, 1.54) is 7.11 Å². The first-order chi connectivity index (χ1) is 9.60. The van der Waals surface area contributed by atoms with Gasteiger partial charge in [-0.3, -0.25) is 9.69 Å². The normalized spacial score (nSPS) is 16.6. The fourth-order valence-corrected chi connectivity index (χ4v) is 1.95. The van der Waals surface area contributed by atoms with Gasteiger partial charge in [-0.15, -0.1) is 0 Å². The first-order valence-corrected chi connectivity index (χ1v) is 6.17. The number of amides is 3.